The molecular formula is C17H18N2O5. The number of nitrogens with one attached hydrogen (secondary N) is 1. The average molecular weight is 330 g/mol. The van der Waals surface area contributed by atoms with Crippen LogP contribution in [0.4, 0.5) is 4.79 Å². The van der Waals surface area contributed by atoms with E-state index in [0.717, 1.165) is 5.56 Å². The highest BCUT2D eigenvalue weighted by Gasteiger charge is 2.31. The number of alkyl carbamates (subject to hydrolysis) is 1. The largest absolute Gasteiger partial charge is 0.480 e. The van der Waals surface area contributed by atoms with Crippen LogP contribution >= 0.6 is 0 Å². The van der Waals surface area contributed by atoms with Gasteiger partial charge in [-0.15, -0.1) is 0 Å². The quantitative estimate of drug-likeness (QED) is 0.745. The summed E-state index contributed by atoms with van der Waals surface area (Å²) in [5, 5.41) is 21.7. The molecule has 0 aliphatic heterocycles. The van der Waals surface area contributed by atoms with Crippen LogP contribution < -0.4 is 5.32 Å². The van der Waals surface area contributed by atoms with Crippen LogP contribution in [0.1, 0.15) is 22.9 Å². The molecule has 7 nitrogen and oxygen atoms in total. The Balaban J connectivity index is 2.01. The van der Waals surface area contributed by atoms with E-state index in [0.29, 0.717) is 11.3 Å². The number of aliphatic carboxylic acids is 1. The predicted octanol–water partition coefficient (Wildman–Crippen LogP) is 1.80. The van der Waals surface area contributed by atoms with Crippen molar-refractivity contribution in [3.05, 3.63) is 65.5 Å². The maximum absolute atomic E-state index is 11.8. The summed E-state index contributed by atoms with van der Waals surface area (Å²) in [4.78, 5) is 27.2. The van der Waals surface area contributed by atoms with Crippen molar-refractivity contribution < 1.29 is 24.5 Å². The minimum absolute atomic E-state index is 0.00102. The number of hydrogen-bond donors (Lipinski definition) is 3. The number of rotatable bonds is 6. The molecule has 1 heterocycles. The number of carbonyl (C=O) groups excluding carboxylic acids is 1. The van der Waals surface area contributed by atoms with Crippen molar-refractivity contribution in [2.24, 2.45) is 0 Å². The molecule has 7 heteroatoms. The number of aliphatic hydroxyl groups is 1. The van der Waals surface area contributed by atoms with E-state index >= 15 is 0 Å². The normalized spacial score (nSPS) is 12.9. The molecule has 0 bridgehead atoms. The van der Waals surface area contributed by atoms with Gasteiger partial charge in [0.25, 0.3) is 0 Å². The monoisotopic (exact) mass is 330 g/mol. The summed E-state index contributed by atoms with van der Waals surface area (Å²) in [6, 6.07) is 10.6. The minimum Gasteiger partial charge on any atom is -0.480 e. The third kappa shape index (κ3) is 4.53. The number of ether oxygens (including phenoxy) is 1. The Morgan fingerprint density at radius 1 is 1.21 bits per heavy atom. The van der Waals surface area contributed by atoms with E-state index in [1.807, 2.05) is 6.07 Å². The molecule has 0 unspecified atom stereocenters. The Bertz CT molecular complexity index is 705. The number of pyridine rings is 1. The fourth-order valence-electron chi connectivity index (χ4n) is 2.16. The lowest BCUT2D eigenvalue weighted by atomic mass is 10.0. The molecule has 0 radical (unpaired) electrons. The average Bonchev–Trinajstić information content (AvgIpc) is 2.58. The smallest absolute Gasteiger partial charge is 0.408 e. The summed E-state index contributed by atoms with van der Waals surface area (Å²) < 4.78 is 4.98. The number of aliphatic hydroxyl groups excluding tert-OH is 1. The van der Waals surface area contributed by atoms with Gasteiger partial charge in [0.2, 0.25) is 0 Å². The Morgan fingerprint density at radius 2 is 1.92 bits per heavy atom. The molecule has 0 spiro atoms. The molecular weight excluding hydrogens is 312 g/mol. The number of benzene rings is 1. The molecule has 0 saturated carbocycles. The number of amides is 1. The summed E-state index contributed by atoms with van der Waals surface area (Å²) in [7, 11) is 0. The molecule has 24 heavy (non-hydrogen) atoms. The zero-order valence-electron chi connectivity index (χ0n) is 13.0. The molecule has 0 fully saturated rings. The standard InChI is InChI=1S/C17H18N2O5/c1-11-13(8-5-9-18-11)15(20)14(16(21)22)19-17(23)24-10-12-6-3-2-4-7-12/h2-9,14-15,20H,10H2,1H3,(H,19,23)(H,21,22)/t14-,15+/m0/s1. The zero-order valence-corrected chi connectivity index (χ0v) is 13.0. The third-order valence-corrected chi connectivity index (χ3v) is 3.43. The molecule has 3 N–H and O–H groups in total. The first-order chi connectivity index (χ1) is 11.5. The van der Waals surface area contributed by atoms with Crippen LogP contribution in [0.5, 0.6) is 0 Å². The topological polar surface area (TPSA) is 109 Å². The third-order valence-electron chi connectivity index (χ3n) is 3.43. The molecule has 0 aliphatic carbocycles. The van der Waals surface area contributed by atoms with E-state index in [1.54, 1.807) is 43.3 Å². The van der Waals surface area contributed by atoms with Gasteiger partial charge in [-0.2, -0.15) is 0 Å². The van der Waals surface area contributed by atoms with Crippen LogP contribution in [0.2, 0.25) is 0 Å². The summed E-state index contributed by atoms with van der Waals surface area (Å²) in [6.07, 6.45) is -0.838. The number of carbonyl (C=O) groups is 2. The van der Waals surface area contributed by atoms with Crippen LogP contribution in [-0.2, 0) is 16.1 Å². The van der Waals surface area contributed by atoms with E-state index < -0.39 is 24.2 Å². The molecule has 126 valence electrons. The predicted molar refractivity (Wildman–Crippen MR) is 85.1 cm³/mol. The number of carboxylic acid groups (broad SMARTS) is 1. The summed E-state index contributed by atoms with van der Waals surface area (Å²) in [5.41, 5.74) is 1.58. The molecule has 2 rings (SSSR count). The van der Waals surface area contributed by atoms with Crippen LogP contribution in [0.25, 0.3) is 0 Å². The molecule has 2 aromatic rings. The van der Waals surface area contributed by atoms with Crippen molar-refractivity contribution in [2.45, 2.75) is 25.7 Å². The van der Waals surface area contributed by atoms with Crippen molar-refractivity contribution in [3.8, 4) is 0 Å². The van der Waals surface area contributed by atoms with Crippen molar-refractivity contribution in [1.82, 2.24) is 10.3 Å². The van der Waals surface area contributed by atoms with E-state index in [-0.39, 0.29) is 6.61 Å². The highest BCUT2D eigenvalue weighted by atomic mass is 16.5. The fraction of sp³-hybridized carbons (Fsp3) is 0.235. The van der Waals surface area contributed by atoms with Gasteiger partial charge in [0.05, 0.1) is 0 Å². The molecule has 1 aromatic carbocycles. The zero-order chi connectivity index (χ0) is 17.5. The van der Waals surface area contributed by atoms with Gasteiger partial charge < -0.3 is 20.3 Å². The highest BCUT2D eigenvalue weighted by Crippen LogP contribution is 2.19. The van der Waals surface area contributed by atoms with Gasteiger partial charge in [0.15, 0.2) is 6.04 Å². The summed E-state index contributed by atoms with van der Waals surface area (Å²) >= 11 is 0. The summed E-state index contributed by atoms with van der Waals surface area (Å²) in [6.45, 7) is 1.65. The highest BCUT2D eigenvalue weighted by molar-refractivity contribution is 5.80. The first kappa shape index (κ1) is 17.4. The lowest BCUT2D eigenvalue weighted by Gasteiger charge is -2.21. The van der Waals surface area contributed by atoms with E-state index in [9.17, 15) is 19.8 Å². The first-order valence-corrected chi connectivity index (χ1v) is 7.28. The fourth-order valence-corrected chi connectivity index (χ4v) is 2.16. The molecule has 1 aromatic heterocycles. The number of aromatic nitrogens is 1. The maximum atomic E-state index is 11.8. The van der Waals surface area contributed by atoms with Crippen LogP contribution in [0.3, 0.4) is 0 Å². The van der Waals surface area contributed by atoms with Gasteiger partial charge in [-0.1, -0.05) is 36.4 Å². The molecule has 2 atom stereocenters. The molecule has 1 amide bonds. The lowest BCUT2D eigenvalue weighted by molar-refractivity contribution is -0.142. The molecule has 0 saturated heterocycles. The van der Waals surface area contributed by atoms with Crippen molar-refractivity contribution in [1.29, 1.82) is 0 Å². The second-order valence-corrected chi connectivity index (χ2v) is 5.14. The van der Waals surface area contributed by atoms with E-state index in [4.69, 9.17) is 4.74 Å². The van der Waals surface area contributed by atoms with Gasteiger partial charge in [-0.25, -0.2) is 9.59 Å². The van der Waals surface area contributed by atoms with Crippen molar-refractivity contribution >= 4 is 12.1 Å². The number of aryl methyl sites for hydroxylation is 1. The van der Waals surface area contributed by atoms with Crippen molar-refractivity contribution in [2.75, 3.05) is 0 Å². The minimum atomic E-state index is -1.55. The lowest BCUT2D eigenvalue weighted by Crippen LogP contribution is -2.45. The van der Waals surface area contributed by atoms with Gasteiger partial charge >= 0.3 is 12.1 Å². The molecule has 0 aliphatic rings. The summed E-state index contributed by atoms with van der Waals surface area (Å²) in [5.74, 6) is -1.37. The Kier molecular flexibility index (Phi) is 5.86. The van der Waals surface area contributed by atoms with Gasteiger partial charge in [-0.3, -0.25) is 4.98 Å². The van der Waals surface area contributed by atoms with Gasteiger partial charge in [0.1, 0.15) is 12.7 Å². The van der Waals surface area contributed by atoms with Crippen LogP contribution in [0.15, 0.2) is 48.7 Å². The van der Waals surface area contributed by atoms with Crippen LogP contribution in [-0.4, -0.2) is 33.3 Å². The van der Waals surface area contributed by atoms with Crippen LogP contribution in [0, 0.1) is 6.92 Å². The Morgan fingerprint density at radius 3 is 2.54 bits per heavy atom. The SMILES string of the molecule is Cc1ncccc1[C@@H](O)[C@H](NC(=O)OCc1ccccc1)C(=O)O. The first-order valence-electron chi connectivity index (χ1n) is 7.28. The van der Waals surface area contributed by atoms with Gasteiger partial charge in [0, 0.05) is 17.5 Å². The Hall–Kier alpha value is -2.93. The van der Waals surface area contributed by atoms with Gasteiger partial charge in [-0.05, 0) is 18.6 Å². The van der Waals surface area contributed by atoms with Crippen molar-refractivity contribution in [3.63, 3.8) is 0 Å². The van der Waals surface area contributed by atoms with E-state index in [2.05, 4.69) is 10.3 Å². The second kappa shape index (κ2) is 8.07. The number of hydrogen-bond acceptors (Lipinski definition) is 5. The number of carboxylic acids is 1. The second-order valence-electron chi connectivity index (χ2n) is 5.14. The maximum Gasteiger partial charge on any atom is 0.408 e. The Labute approximate surface area is 138 Å². The van der Waals surface area contributed by atoms with E-state index in [1.165, 1.54) is 6.20 Å². The number of nitrogens with zero attached hydrogens (tertiary/aromatic N) is 1.